The summed E-state index contributed by atoms with van der Waals surface area (Å²) in [5.74, 6) is 0. The first-order valence-corrected chi connectivity index (χ1v) is 15.9. The van der Waals surface area contributed by atoms with Crippen molar-refractivity contribution in [2.45, 2.75) is 49.6 Å². The van der Waals surface area contributed by atoms with Crippen molar-refractivity contribution in [3.8, 4) is 21.7 Å². The number of thiazole rings is 1. The van der Waals surface area contributed by atoms with Crippen molar-refractivity contribution in [1.82, 2.24) is 19.3 Å². The van der Waals surface area contributed by atoms with Gasteiger partial charge in [-0.25, -0.2) is 22.4 Å². The van der Waals surface area contributed by atoms with Gasteiger partial charge in [-0.05, 0) is 80.1 Å². The zero-order chi connectivity index (χ0) is 27.6. The van der Waals surface area contributed by atoms with E-state index in [9.17, 15) is 13.5 Å². The molecule has 1 aliphatic carbocycles. The average Bonchev–Trinajstić information content (AvgIpc) is 3.58. The molecule has 0 atom stereocenters. The summed E-state index contributed by atoms with van der Waals surface area (Å²) < 4.78 is 29.8. The van der Waals surface area contributed by atoms with E-state index in [-0.39, 0.29) is 4.90 Å². The Morgan fingerprint density at radius 3 is 2.60 bits per heavy atom. The first-order valence-electron chi connectivity index (χ1n) is 13.3. The molecule has 4 heterocycles. The lowest BCUT2D eigenvalue weighted by atomic mass is 9.81. The molecule has 1 fully saturated rings. The number of pyridine rings is 1. The second-order valence-electron chi connectivity index (χ2n) is 10.7. The van der Waals surface area contributed by atoms with Gasteiger partial charge >= 0.3 is 0 Å². The molecule has 40 heavy (non-hydrogen) atoms. The third-order valence-corrected chi connectivity index (χ3v) is 11.2. The number of halogens is 1. The summed E-state index contributed by atoms with van der Waals surface area (Å²) in [5.41, 5.74) is 4.75. The SMILES string of the molecule is Cc1ccc(S(=O)(=O)n2c(-c3ccc4c(c3)CNCC4)cc3c(-c4cnc(C5(O)CCC5)s4)c(Cl)cnc32)cc1. The molecular weight excluding hydrogens is 564 g/mol. The number of hydrogen-bond donors (Lipinski definition) is 2. The molecule has 0 spiro atoms. The van der Waals surface area contributed by atoms with Crippen molar-refractivity contribution in [3.63, 3.8) is 0 Å². The highest BCUT2D eigenvalue weighted by atomic mass is 35.5. The van der Waals surface area contributed by atoms with E-state index in [0.717, 1.165) is 47.5 Å². The molecular formula is C30H27ClN4O3S2. The first kappa shape index (κ1) is 25.9. The number of nitrogens with zero attached hydrogens (tertiary/aromatic N) is 3. The molecule has 3 aromatic heterocycles. The minimum Gasteiger partial charge on any atom is -0.383 e. The van der Waals surface area contributed by atoms with Gasteiger partial charge in [0.1, 0.15) is 10.6 Å². The first-order chi connectivity index (χ1) is 19.2. The zero-order valence-corrected chi connectivity index (χ0v) is 24.2. The third-order valence-electron chi connectivity index (χ3n) is 8.02. The van der Waals surface area contributed by atoms with Crippen molar-refractivity contribution in [2.75, 3.05) is 6.54 Å². The van der Waals surface area contributed by atoms with Crippen molar-refractivity contribution in [2.24, 2.45) is 0 Å². The van der Waals surface area contributed by atoms with Gasteiger partial charge in [-0.1, -0.05) is 41.4 Å². The molecule has 204 valence electrons. The van der Waals surface area contributed by atoms with E-state index >= 15 is 0 Å². The lowest BCUT2D eigenvalue weighted by Gasteiger charge is -2.34. The Morgan fingerprint density at radius 2 is 1.85 bits per heavy atom. The van der Waals surface area contributed by atoms with Crippen LogP contribution < -0.4 is 5.32 Å². The van der Waals surface area contributed by atoms with Crippen LogP contribution in [-0.2, 0) is 28.6 Å². The van der Waals surface area contributed by atoms with E-state index in [1.165, 1.54) is 27.1 Å². The summed E-state index contributed by atoms with van der Waals surface area (Å²) in [4.78, 5) is 10.0. The maximum atomic E-state index is 14.3. The van der Waals surface area contributed by atoms with E-state index in [0.29, 0.717) is 45.2 Å². The molecule has 0 unspecified atom stereocenters. The molecule has 0 radical (unpaired) electrons. The van der Waals surface area contributed by atoms with Crippen LogP contribution in [0.2, 0.25) is 5.02 Å². The van der Waals surface area contributed by atoms with Crippen molar-refractivity contribution in [3.05, 3.63) is 87.6 Å². The van der Waals surface area contributed by atoms with Gasteiger partial charge in [0.25, 0.3) is 10.0 Å². The molecule has 2 aliphatic rings. The largest absolute Gasteiger partial charge is 0.383 e. The minimum atomic E-state index is -4.02. The molecule has 10 heteroatoms. The predicted molar refractivity (Wildman–Crippen MR) is 158 cm³/mol. The number of benzene rings is 2. The highest BCUT2D eigenvalue weighted by molar-refractivity contribution is 7.90. The van der Waals surface area contributed by atoms with Gasteiger partial charge in [-0.2, -0.15) is 0 Å². The zero-order valence-electron chi connectivity index (χ0n) is 21.8. The third kappa shape index (κ3) is 4.11. The van der Waals surface area contributed by atoms with Gasteiger partial charge in [-0.3, -0.25) is 0 Å². The number of fused-ring (bicyclic) bond motifs is 2. The Balaban J connectivity index is 1.49. The number of aromatic nitrogens is 3. The number of nitrogens with one attached hydrogen (secondary N) is 1. The van der Waals surface area contributed by atoms with E-state index in [1.807, 2.05) is 19.1 Å². The summed E-state index contributed by atoms with van der Waals surface area (Å²) in [5, 5.41) is 16.0. The summed E-state index contributed by atoms with van der Waals surface area (Å²) in [6, 6.07) is 14.8. The summed E-state index contributed by atoms with van der Waals surface area (Å²) in [6.45, 7) is 3.58. The molecule has 7 rings (SSSR count). The lowest BCUT2D eigenvalue weighted by molar-refractivity contribution is -0.0389. The monoisotopic (exact) mass is 590 g/mol. The highest BCUT2D eigenvalue weighted by Gasteiger charge is 2.39. The second kappa shape index (κ2) is 9.49. The summed E-state index contributed by atoms with van der Waals surface area (Å²) >= 11 is 8.14. The Hall–Kier alpha value is -3.08. The molecule has 0 amide bonds. The Morgan fingerprint density at radius 1 is 1.05 bits per heavy atom. The van der Waals surface area contributed by atoms with Crippen LogP contribution in [-0.4, -0.2) is 34.0 Å². The van der Waals surface area contributed by atoms with Crippen molar-refractivity contribution < 1.29 is 13.5 Å². The van der Waals surface area contributed by atoms with Gasteiger partial charge in [0.2, 0.25) is 0 Å². The van der Waals surface area contributed by atoms with Crippen LogP contribution in [0.15, 0.2) is 65.8 Å². The lowest BCUT2D eigenvalue weighted by Crippen LogP contribution is -2.33. The van der Waals surface area contributed by atoms with Crippen molar-refractivity contribution in [1.29, 1.82) is 0 Å². The van der Waals surface area contributed by atoms with Gasteiger partial charge < -0.3 is 10.4 Å². The topological polar surface area (TPSA) is 97.1 Å². The van der Waals surface area contributed by atoms with Crippen LogP contribution in [0.5, 0.6) is 0 Å². The Labute approximate surface area is 241 Å². The van der Waals surface area contributed by atoms with E-state index in [4.69, 9.17) is 11.6 Å². The van der Waals surface area contributed by atoms with Gasteiger partial charge in [0.05, 0.1) is 20.5 Å². The maximum absolute atomic E-state index is 14.3. The highest BCUT2D eigenvalue weighted by Crippen LogP contribution is 2.47. The fraction of sp³-hybridized carbons (Fsp3) is 0.267. The average molecular weight is 591 g/mol. The van der Waals surface area contributed by atoms with Crippen LogP contribution in [0.3, 0.4) is 0 Å². The summed E-state index contributed by atoms with van der Waals surface area (Å²) in [7, 11) is -4.02. The number of aryl methyl sites for hydroxylation is 1. The molecule has 2 N–H and O–H groups in total. The van der Waals surface area contributed by atoms with Crippen LogP contribution in [0.1, 0.15) is 41.0 Å². The molecule has 7 nitrogen and oxygen atoms in total. The molecule has 5 aromatic rings. The molecule has 1 aliphatic heterocycles. The molecule has 0 saturated heterocycles. The van der Waals surface area contributed by atoms with Crippen LogP contribution in [0.25, 0.3) is 32.7 Å². The number of aliphatic hydroxyl groups is 1. The fourth-order valence-corrected chi connectivity index (χ4v) is 8.51. The van der Waals surface area contributed by atoms with Crippen LogP contribution in [0, 0.1) is 6.92 Å². The normalized spacial score (nSPS) is 16.6. The van der Waals surface area contributed by atoms with Crippen molar-refractivity contribution >= 4 is 44.0 Å². The molecule has 2 aromatic carbocycles. The Kier molecular flexibility index (Phi) is 6.14. The van der Waals surface area contributed by atoms with Gasteiger partial charge in [0.15, 0.2) is 5.65 Å². The fourth-order valence-electron chi connectivity index (χ4n) is 5.58. The second-order valence-corrected chi connectivity index (χ2v) is 13.9. The van der Waals surface area contributed by atoms with E-state index < -0.39 is 15.6 Å². The van der Waals surface area contributed by atoms with E-state index in [1.54, 1.807) is 30.5 Å². The minimum absolute atomic E-state index is 0.182. The molecule has 0 bridgehead atoms. The van der Waals surface area contributed by atoms with Gasteiger partial charge in [0, 0.05) is 29.9 Å². The standard InChI is InChI=1S/C30H27ClN4O3S2/c1-18-3-7-22(8-4-18)40(37,38)35-25(20-6-5-19-9-12-32-15-21(19)13-20)14-23-27(24(31)16-33-28(23)35)26-17-34-29(39-26)30(36)10-2-11-30/h3-8,13-14,16-17,32,36H,2,9-12,15H2,1H3. The maximum Gasteiger partial charge on any atom is 0.269 e. The predicted octanol–water partition coefficient (Wildman–Crippen LogP) is 6.04. The molecule has 1 saturated carbocycles. The number of hydrogen-bond acceptors (Lipinski definition) is 7. The smallest absolute Gasteiger partial charge is 0.269 e. The van der Waals surface area contributed by atoms with Gasteiger partial charge in [-0.15, -0.1) is 11.3 Å². The van der Waals surface area contributed by atoms with Crippen LogP contribution in [0.4, 0.5) is 0 Å². The summed E-state index contributed by atoms with van der Waals surface area (Å²) in [6.07, 6.45) is 6.47. The Bertz CT molecular complexity index is 1890. The number of rotatable bonds is 5. The van der Waals surface area contributed by atoms with Crippen LogP contribution >= 0.6 is 22.9 Å². The van der Waals surface area contributed by atoms with E-state index in [2.05, 4.69) is 27.4 Å². The quantitative estimate of drug-likeness (QED) is 0.259.